The van der Waals surface area contributed by atoms with E-state index in [4.69, 9.17) is 15.5 Å². The van der Waals surface area contributed by atoms with E-state index in [0.717, 1.165) is 33.8 Å². The van der Waals surface area contributed by atoms with Gasteiger partial charge in [-0.25, -0.2) is 4.98 Å². The predicted molar refractivity (Wildman–Crippen MR) is 84.6 cm³/mol. The van der Waals surface area contributed by atoms with E-state index in [1.165, 1.54) is 12.8 Å². The molecular formula is C18H16N2O. The fourth-order valence-electron chi connectivity index (χ4n) is 2.56. The summed E-state index contributed by atoms with van der Waals surface area (Å²) in [5.74, 6) is 2.14. The highest BCUT2D eigenvalue weighted by molar-refractivity contribution is 5.94. The van der Waals surface area contributed by atoms with Crippen LogP contribution >= 0.6 is 0 Å². The Kier molecular flexibility index (Phi) is 2.78. The molecule has 1 fully saturated rings. The van der Waals surface area contributed by atoms with Crippen LogP contribution in [0.5, 0.6) is 11.5 Å². The lowest BCUT2D eigenvalue weighted by Gasteiger charge is -2.11. The summed E-state index contributed by atoms with van der Waals surface area (Å²) < 4.78 is 5.98. The number of nitrogen functional groups attached to an aromatic ring is 1. The Balaban J connectivity index is 1.84. The van der Waals surface area contributed by atoms with Crippen molar-refractivity contribution >= 4 is 16.6 Å². The predicted octanol–water partition coefficient (Wildman–Crippen LogP) is 4.49. The summed E-state index contributed by atoms with van der Waals surface area (Å²) in [5.41, 5.74) is 8.90. The monoisotopic (exact) mass is 276 g/mol. The number of anilines is 1. The first-order chi connectivity index (χ1) is 10.3. The lowest BCUT2D eigenvalue weighted by Crippen LogP contribution is -1.96. The van der Waals surface area contributed by atoms with Crippen molar-refractivity contribution < 1.29 is 4.74 Å². The van der Waals surface area contributed by atoms with Crippen LogP contribution in [0.2, 0.25) is 0 Å². The molecule has 3 aromatic rings. The summed E-state index contributed by atoms with van der Waals surface area (Å²) in [6, 6.07) is 17.7. The summed E-state index contributed by atoms with van der Waals surface area (Å²) in [7, 11) is 0. The molecule has 2 aromatic carbocycles. The number of para-hydroxylation sites is 2. The highest BCUT2D eigenvalue weighted by Crippen LogP contribution is 2.42. The molecule has 2 N–H and O–H groups in total. The van der Waals surface area contributed by atoms with Gasteiger partial charge in [0.15, 0.2) is 5.75 Å². The second kappa shape index (κ2) is 4.77. The van der Waals surface area contributed by atoms with Crippen molar-refractivity contribution in [2.24, 2.45) is 0 Å². The topological polar surface area (TPSA) is 48.1 Å². The minimum absolute atomic E-state index is 0.571. The molecular weight excluding hydrogens is 260 g/mol. The minimum Gasteiger partial charge on any atom is -0.455 e. The van der Waals surface area contributed by atoms with Gasteiger partial charge in [0, 0.05) is 22.7 Å². The molecule has 0 radical (unpaired) electrons. The standard InChI is InChI=1S/C18H16N2O/c19-15-11-16(12-9-10-12)20-18-14(15)7-4-8-17(18)21-13-5-2-1-3-6-13/h1-8,11-12H,9-10H2,(H2,19,20). The van der Waals surface area contributed by atoms with Crippen molar-refractivity contribution in [2.75, 3.05) is 5.73 Å². The van der Waals surface area contributed by atoms with Crippen molar-refractivity contribution in [3.63, 3.8) is 0 Å². The number of hydrogen-bond acceptors (Lipinski definition) is 3. The Bertz CT molecular complexity index is 795. The molecule has 0 bridgehead atoms. The molecule has 1 aliphatic carbocycles. The van der Waals surface area contributed by atoms with E-state index in [9.17, 15) is 0 Å². The SMILES string of the molecule is Nc1cc(C2CC2)nc2c(Oc3ccccc3)cccc12. The molecule has 0 unspecified atom stereocenters. The third-order valence-electron chi connectivity index (χ3n) is 3.82. The van der Waals surface area contributed by atoms with E-state index in [2.05, 4.69) is 0 Å². The van der Waals surface area contributed by atoms with Crippen LogP contribution in [0.15, 0.2) is 54.6 Å². The maximum absolute atomic E-state index is 6.19. The first-order valence-corrected chi connectivity index (χ1v) is 7.23. The molecule has 0 atom stereocenters. The molecule has 3 nitrogen and oxygen atoms in total. The van der Waals surface area contributed by atoms with Crippen LogP contribution in [0.3, 0.4) is 0 Å². The number of benzene rings is 2. The van der Waals surface area contributed by atoms with E-state index < -0.39 is 0 Å². The summed E-state index contributed by atoms with van der Waals surface area (Å²) in [6.45, 7) is 0. The van der Waals surface area contributed by atoms with E-state index in [-0.39, 0.29) is 0 Å². The average molecular weight is 276 g/mol. The first-order valence-electron chi connectivity index (χ1n) is 7.23. The number of ether oxygens (including phenoxy) is 1. The quantitative estimate of drug-likeness (QED) is 0.767. The number of aromatic nitrogens is 1. The Hall–Kier alpha value is -2.55. The first kappa shape index (κ1) is 12.2. The molecule has 0 amide bonds. The lowest BCUT2D eigenvalue weighted by molar-refractivity contribution is 0.487. The van der Waals surface area contributed by atoms with Gasteiger partial charge >= 0.3 is 0 Å². The highest BCUT2D eigenvalue weighted by Gasteiger charge is 2.26. The third-order valence-corrected chi connectivity index (χ3v) is 3.82. The molecule has 4 rings (SSSR count). The molecule has 3 heteroatoms. The van der Waals surface area contributed by atoms with Crippen LogP contribution < -0.4 is 10.5 Å². The third kappa shape index (κ3) is 2.31. The molecule has 0 spiro atoms. The van der Waals surface area contributed by atoms with Gasteiger partial charge < -0.3 is 10.5 Å². The number of hydrogen-bond donors (Lipinski definition) is 1. The molecule has 104 valence electrons. The Morgan fingerprint density at radius 1 is 1.00 bits per heavy atom. The van der Waals surface area contributed by atoms with Crippen molar-refractivity contribution in [1.82, 2.24) is 4.98 Å². The normalized spacial score (nSPS) is 14.3. The van der Waals surface area contributed by atoms with Gasteiger partial charge in [-0.2, -0.15) is 0 Å². The maximum atomic E-state index is 6.19. The van der Waals surface area contributed by atoms with Crippen LogP contribution in [0.25, 0.3) is 10.9 Å². The fourth-order valence-corrected chi connectivity index (χ4v) is 2.56. The van der Waals surface area contributed by atoms with E-state index in [0.29, 0.717) is 5.92 Å². The summed E-state index contributed by atoms with van der Waals surface area (Å²) in [5, 5.41) is 0.952. The van der Waals surface area contributed by atoms with Crippen LogP contribution in [0.1, 0.15) is 24.5 Å². The molecule has 1 aromatic heterocycles. The van der Waals surface area contributed by atoms with E-state index in [1.54, 1.807) is 0 Å². The van der Waals surface area contributed by atoms with Crippen LogP contribution in [-0.2, 0) is 0 Å². The lowest BCUT2D eigenvalue weighted by atomic mass is 10.1. The Morgan fingerprint density at radius 3 is 2.57 bits per heavy atom. The van der Waals surface area contributed by atoms with Crippen LogP contribution in [-0.4, -0.2) is 4.98 Å². The van der Waals surface area contributed by atoms with Gasteiger partial charge in [-0.15, -0.1) is 0 Å². The van der Waals surface area contributed by atoms with E-state index in [1.807, 2.05) is 54.6 Å². The zero-order valence-corrected chi connectivity index (χ0v) is 11.6. The molecule has 1 heterocycles. The molecule has 21 heavy (non-hydrogen) atoms. The summed E-state index contributed by atoms with van der Waals surface area (Å²) in [4.78, 5) is 4.79. The Morgan fingerprint density at radius 2 is 1.81 bits per heavy atom. The van der Waals surface area contributed by atoms with Gasteiger partial charge in [0.05, 0.1) is 0 Å². The number of nitrogens with two attached hydrogens (primary N) is 1. The second-order valence-electron chi connectivity index (χ2n) is 5.48. The van der Waals surface area contributed by atoms with Gasteiger partial charge in [0.2, 0.25) is 0 Å². The van der Waals surface area contributed by atoms with Crippen LogP contribution in [0.4, 0.5) is 5.69 Å². The molecule has 0 aliphatic heterocycles. The van der Waals surface area contributed by atoms with Gasteiger partial charge in [-0.3, -0.25) is 0 Å². The zero-order chi connectivity index (χ0) is 14.2. The number of rotatable bonds is 3. The van der Waals surface area contributed by atoms with Crippen molar-refractivity contribution in [1.29, 1.82) is 0 Å². The zero-order valence-electron chi connectivity index (χ0n) is 11.6. The maximum Gasteiger partial charge on any atom is 0.153 e. The second-order valence-corrected chi connectivity index (χ2v) is 5.48. The van der Waals surface area contributed by atoms with E-state index >= 15 is 0 Å². The smallest absolute Gasteiger partial charge is 0.153 e. The average Bonchev–Trinajstić information content (AvgIpc) is 3.34. The van der Waals surface area contributed by atoms with Crippen molar-refractivity contribution in [3.8, 4) is 11.5 Å². The van der Waals surface area contributed by atoms with Crippen LogP contribution in [0, 0.1) is 0 Å². The molecule has 1 aliphatic rings. The molecule has 1 saturated carbocycles. The molecule has 0 saturated heterocycles. The van der Waals surface area contributed by atoms with Gasteiger partial charge in [0.25, 0.3) is 0 Å². The number of pyridine rings is 1. The number of nitrogens with zero attached hydrogens (tertiary/aromatic N) is 1. The summed E-state index contributed by atoms with van der Waals surface area (Å²) >= 11 is 0. The van der Waals surface area contributed by atoms with Crippen molar-refractivity contribution in [2.45, 2.75) is 18.8 Å². The summed E-state index contributed by atoms with van der Waals surface area (Å²) in [6.07, 6.45) is 2.42. The fraction of sp³-hybridized carbons (Fsp3) is 0.167. The van der Waals surface area contributed by atoms with Crippen molar-refractivity contribution in [3.05, 3.63) is 60.3 Å². The highest BCUT2D eigenvalue weighted by atomic mass is 16.5. The van der Waals surface area contributed by atoms with Gasteiger partial charge in [-0.05, 0) is 37.1 Å². The van der Waals surface area contributed by atoms with Gasteiger partial charge in [-0.1, -0.05) is 30.3 Å². The minimum atomic E-state index is 0.571. The van der Waals surface area contributed by atoms with Gasteiger partial charge in [0.1, 0.15) is 11.3 Å². The number of fused-ring (bicyclic) bond motifs is 1. The Labute approximate surface area is 123 Å². The largest absolute Gasteiger partial charge is 0.455 e.